The van der Waals surface area contributed by atoms with E-state index in [0.29, 0.717) is 54.9 Å². The smallest absolute Gasteiger partial charge is 0.243 e. The highest BCUT2D eigenvalue weighted by molar-refractivity contribution is 7.89. The Morgan fingerprint density at radius 3 is 2.15 bits per heavy atom. The van der Waals surface area contributed by atoms with Gasteiger partial charge in [0.05, 0.1) is 4.90 Å². The molecule has 0 N–H and O–H groups in total. The maximum absolute atomic E-state index is 13.1. The lowest BCUT2D eigenvalue weighted by Crippen LogP contribution is -2.52. The van der Waals surface area contributed by atoms with E-state index < -0.39 is 10.0 Å². The van der Waals surface area contributed by atoms with Gasteiger partial charge < -0.3 is 9.80 Å². The van der Waals surface area contributed by atoms with Crippen LogP contribution in [0.25, 0.3) is 0 Å². The van der Waals surface area contributed by atoms with Crippen molar-refractivity contribution >= 4 is 33.2 Å². The van der Waals surface area contributed by atoms with Gasteiger partial charge in [-0.25, -0.2) is 8.42 Å². The van der Waals surface area contributed by atoms with Crippen molar-refractivity contribution in [1.82, 2.24) is 9.21 Å². The zero-order chi connectivity index (χ0) is 23.6. The van der Waals surface area contributed by atoms with Crippen molar-refractivity contribution in [3.05, 3.63) is 59.1 Å². The number of anilines is 1. The fraction of sp³-hybridized carbons (Fsp3) is 0.480. The molecule has 4 rings (SSSR count). The van der Waals surface area contributed by atoms with E-state index in [9.17, 15) is 13.2 Å². The molecule has 0 saturated carbocycles. The molecule has 33 heavy (non-hydrogen) atoms. The van der Waals surface area contributed by atoms with Crippen molar-refractivity contribution in [3.63, 3.8) is 0 Å². The fourth-order valence-electron chi connectivity index (χ4n) is 4.63. The van der Waals surface area contributed by atoms with Crippen LogP contribution in [0.1, 0.15) is 38.2 Å². The highest BCUT2D eigenvalue weighted by Crippen LogP contribution is 2.27. The lowest BCUT2D eigenvalue weighted by atomic mass is 9.96. The minimum atomic E-state index is -3.53. The van der Waals surface area contributed by atoms with Crippen molar-refractivity contribution in [3.8, 4) is 0 Å². The number of halogens is 1. The van der Waals surface area contributed by atoms with Gasteiger partial charge >= 0.3 is 0 Å². The van der Waals surface area contributed by atoms with Crippen LogP contribution in [-0.4, -0.2) is 62.8 Å². The number of carbonyl (C=O) groups is 1. The quantitative estimate of drug-likeness (QED) is 0.631. The Kier molecular flexibility index (Phi) is 7.31. The number of piperazine rings is 1. The first-order valence-corrected chi connectivity index (χ1v) is 13.5. The Morgan fingerprint density at radius 1 is 0.939 bits per heavy atom. The molecule has 0 aliphatic carbocycles. The van der Waals surface area contributed by atoms with Crippen LogP contribution in [0.15, 0.2) is 53.4 Å². The highest BCUT2D eigenvalue weighted by atomic mass is 35.5. The molecule has 178 valence electrons. The summed E-state index contributed by atoms with van der Waals surface area (Å²) < 4.78 is 27.6. The van der Waals surface area contributed by atoms with Gasteiger partial charge in [-0.05, 0) is 54.7 Å². The molecule has 2 aromatic carbocycles. The largest absolute Gasteiger partial charge is 0.368 e. The van der Waals surface area contributed by atoms with E-state index in [0.717, 1.165) is 24.3 Å². The molecule has 8 heteroatoms. The molecule has 6 nitrogen and oxygen atoms in total. The second kappa shape index (κ2) is 10.0. The lowest BCUT2D eigenvalue weighted by Gasteiger charge is -2.39. The molecule has 2 aliphatic rings. The van der Waals surface area contributed by atoms with E-state index in [1.165, 1.54) is 4.31 Å². The van der Waals surface area contributed by atoms with Crippen LogP contribution in [0.2, 0.25) is 5.02 Å². The molecular weight excluding hydrogens is 458 g/mol. The van der Waals surface area contributed by atoms with Crippen molar-refractivity contribution in [1.29, 1.82) is 0 Å². The second-order valence-electron chi connectivity index (χ2n) is 9.19. The summed E-state index contributed by atoms with van der Waals surface area (Å²) in [7, 11) is -3.53. The third-order valence-corrected chi connectivity index (χ3v) is 8.90. The third kappa shape index (κ3) is 5.36. The van der Waals surface area contributed by atoms with Crippen molar-refractivity contribution < 1.29 is 13.2 Å². The number of rotatable bonds is 5. The number of benzene rings is 2. The van der Waals surface area contributed by atoms with Gasteiger partial charge in [0, 0.05) is 55.9 Å². The van der Waals surface area contributed by atoms with Crippen LogP contribution in [0.3, 0.4) is 0 Å². The summed E-state index contributed by atoms with van der Waals surface area (Å²) in [5.74, 6) is 0.396. The second-order valence-corrected chi connectivity index (χ2v) is 11.6. The molecule has 0 unspecified atom stereocenters. The molecule has 0 aromatic heterocycles. The monoisotopic (exact) mass is 489 g/mol. The van der Waals surface area contributed by atoms with Crippen LogP contribution >= 0.6 is 11.6 Å². The zero-order valence-electron chi connectivity index (χ0n) is 19.3. The van der Waals surface area contributed by atoms with Gasteiger partial charge in [0.2, 0.25) is 15.9 Å². The topological polar surface area (TPSA) is 60.9 Å². The molecule has 0 spiro atoms. The first-order chi connectivity index (χ1) is 15.8. The number of carbonyl (C=O) groups excluding carboxylic acids is 1. The van der Waals surface area contributed by atoms with Crippen LogP contribution in [0, 0.1) is 5.92 Å². The van der Waals surface area contributed by atoms with Gasteiger partial charge in [-0.1, -0.05) is 43.6 Å². The normalized spacial score (nSPS) is 18.7. The standard InChI is InChI=1S/C25H32ClN3O3S/c1-19(2)20-6-8-24(9-7-20)33(31,32)29-12-10-21(11-13-29)25(30)28-16-14-27(15-17-28)23-5-3-4-22(26)18-23/h3-9,18-19,21H,10-17H2,1-2H3. The SMILES string of the molecule is CC(C)c1ccc(S(=O)(=O)N2CCC(C(=O)N3CCN(c4cccc(Cl)c4)CC3)CC2)cc1. The maximum Gasteiger partial charge on any atom is 0.243 e. The van der Waals surface area contributed by atoms with Crippen molar-refractivity contribution in [2.75, 3.05) is 44.2 Å². The summed E-state index contributed by atoms with van der Waals surface area (Å²) in [4.78, 5) is 17.6. The Morgan fingerprint density at radius 2 is 1.58 bits per heavy atom. The average molecular weight is 490 g/mol. The number of sulfonamides is 1. The summed E-state index contributed by atoms with van der Waals surface area (Å²) in [6.45, 7) is 7.82. The van der Waals surface area contributed by atoms with Crippen molar-refractivity contribution in [2.24, 2.45) is 5.92 Å². The molecule has 2 saturated heterocycles. The van der Waals surface area contributed by atoms with E-state index in [2.05, 4.69) is 18.7 Å². The van der Waals surface area contributed by atoms with Gasteiger partial charge in [-0.15, -0.1) is 0 Å². The summed E-state index contributed by atoms with van der Waals surface area (Å²) in [6, 6.07) is 15.0. The average Bonchev–Trinajstić information content (AvgIpc) is 2.84. The lowest BCUT2D eigenvalue weighted by molar-refractivity contribution is -0.137. The third-order valence-electron chi connectivity index (χ3n) is 6.75. The summed E-state index contributed by atoms with van der Waals surface area (Å²) >= 11 is 6.11. The van der Waals surface area contributed by atoms with Crippen molar-refractivity contribution in [2.45, 2.75) is 37.5 Å². The van der Waals surface area contributed by atoms with Gasteiger partial charge in [-0.2, -0.15) is 4.31 Å². The Balaban J connectivity index is 1.31. The number of nitrogens with zero attached hydrogens (tertiary/aromatic N) is 3. The first kappa shape index (κ1) is 24.0. The minimum absolute atomic E-state index is 0.113. The molecule has 2 aromatic rings. The highest BCUT2D eigenvalue weighted by Gasteiger charge is 2.34. The fourth-order valence-corrected chi connectivity index (χ4v) is 6.29. The Labute approximate surface area is 202 Å². The van der Waals surface area contributed by atoms with E-state index in [1.54, 1.807) is 12.1 Å². The summed E-state index contributed by atoms with van der Waals surface area (Å²) in [5.41, 5.74) is 2.20. The van der Waals surface area contributed by atoms with Gasteiger partial charge in [0.1, 0.15) is 0 Å². The van der Waals surface area contributed by atoms with E-state index in [1.807, 2.05) is 41.3 Å². The van der Waals surface area contributed by atoms with E-state index in [-0.39, 0.29) is 11.8 Å². The first-order valence-electron chi connectivity index (χ1n) is 11.6. The molecule has 2 aliphatic heterocycles. The van der Waals surface area contributed by atoms with Gasteiger partial charge in [0.15, 0.2) is 0 Å². The number of hydrogen-bond acceptors (Lipinski definition) is 4. The molecule has 0 atom stereocenters. The molecule has 1 amide bonds. The molecular formula is C25H32ClN3O3S. The van der Waals surface area contributed by atoms with Crippen LogP contribution < -0.4 is 4.90 Å². The predicted molar refractivity (Wildman–Crippen MR) is 132 cm³/mol. The number of amides is 1. The maximum atomic E-state index is 13.1. The molecule has 0 radical (unpaired) electrons. The van der Waals surface area contributed by atoms with E-state index in [4.69, 9.17) is 11.6 Å². The Hall–Kier alpha value is -2.09. The molecule has 2 fully saturated rings. The van der Waals surface area contributed by atoms with E-state index >= 15 is 0 Å². The predicted octanol–water partition coefficient (Wildman–Crippen LogP) is 4.21. The molecule has 0 bridgehead atoms. The minimum Gasteiger partial charge on any atom is -0.368 e. The number of hydrogen-bond donors (Lipinski definition) is 0. The summed E-state index contributed by atoms with van der Waals surface area (Å²) in [5, 5.41) is 0.712. The van der Waals surface area contributed by atoms with Gasteiger partial charge in [0.25, 0.3) is 0 Å². The Bertz CT molecular complexity index is 1070. The summed E-state index contributed by atoms with van der Waals surface area (Å²) in [6.07, 6.45) is 1.13. The molecule has 2 heterocycles. The van der Waals surface area contributed by atoms with Crippen LogP contribution in [0.5, 0.6) is 0 Å². The number of piperidine rings is 1. The van der Waals surface area contributed by atoms with Gasteiger partial charge in [-0.3, -0.25) is 4.79 Å². The zero-order valence-corrected chi connectivity index (χ0v) is 20.9. The van der Waals surface area contributed by atoms with Crippen LogP contribution in [-0.2, 0) is 14.8 Å². The van der Waals surface area contributed by atoms with Crippen LogP contribution in [0.4, 0.5) is 5.69 Å².